The number of ether oxygens (including phenoxy) is 1. The molecule has 6 nitrogen and oxygen atoms in total. The summed E-state index contributed by atoms with van der Waals surface area (Å²) in [6, 6.07) is 5.55. The zero-order valence-electron chi connectivity index (χ0n) is 15.3. The second kappa shape index (κ2) is 10.00. The molecule has 0 unspecified atom stereocenters. The third-order valence-electron chi connectivity index (χ3n) is 4.94. The Kier molecular flexibility index (Phi) is 7.41. The van der Waals surface area contributed by atoms with Gasteiger partial charge >= 0.3 is 6.03 Å². The van der Waals surface area contributed by atoms with Gasteiger partial charge in [-0.3, -0.25) is 4.90 Å². The zero-order chi connectivity index (χ0) is 18.2. The summed E-state index contributed by atoms with van der Waals surface area (Å²) in [5.41, 5.74) is 1.84. The van der Waals surface area contributed by atoms with Crippen LogP contribution in [0.3, 0.4) is 0 Å². The molecule has 144 valence electrons. The van der Waals surface area contributed by atoms with Crippen molar-refractivity contribution in [3.8, 4) is 0 Å². The molecule has 7 heteroatoms. The van der Waals surface area contributed by atoms with Gasteiger partial charge in [0.25, 0.3) is 0 Å². The predicted octanol–water partition coefficient (Wildman–Crippen LogP) is 3.17. The fourth-order valence-electron chi connectivity index (χ4n) is 3.51. The molecule has 1 aromatic carbocycles. The first-order chi connectivity index (χ1) is 12.7. The molecule has 0 aromatic heterocycles. The standard InChI is InChI=1S/C19H29ClN4O2/c20-16-5-6-18(24-9-2-1-3-10-24)17(15-16)22-19(25)21-7-4-8-23-11-13-26-14-12-23/h5-6,15H,1-4,7-14H2,(H2,21,22,25). The van der Waals surface area contributed by atoms with E-state index in [1.807, 2.05) is 18.2 Å². The Morgan fingerprint density at radius 2 is 1.88 bits per heavy atom. The molecule has 0 radical (unpaired) electrons. The lowest BCUT2D eigenvalue weighted by atomic mass is 10.1. The van der Waals surface area contributed by atoms with Gasteiger partial charge in [-0.2, -0.15) is 0 Å². The van der Waals surface area contributed by atoms with Crippen LogP contribution in [0.1, 0.15) is 25.7 Å². The average Bonchev–Trinajstić information content (AvgIpc) is 2.67. The third kappa shape index (κ3) is 5.76. The molecule has 26 heavy (non-hydrogen) atoms. The van der Waals surface area contributed by atoms with Gasteiger partial charge in [0.2, 0.25) is 0 Å². The van der Waals surface area contributed by atoms with Crippen LogP contribution in [0.5, 0.6) is 0 Å². The van der Waals surface area contributed by atoms with Gasteiger partial charge in [0.1, 0.15) is 0 Å². The minimum absolute atomic E-state index is 0.174. The van der Waals surface area contributed by atoms with Crippen molar-refractivity contribution < 1.29 is 9.53 Å². The summed E-state index contributed by atoms with van der Waals surface area (Å²) in [4.78, 5) is 17.0. The Bertz CT molecular complexity index is 587. The number of halogens is 1. The second-order valence-electron chi connectivity index (χ2n) is 6.90. The zero-order valence-corrected chi connectivity index (χ0v) is 16.1. The average molecular weight is 381 g/mol. The maximum Gasteiger partial charge on any atom is 0.319 e. The van der Waals surface area contributed by atoms with E-state index in [9.17, 15) is 4.79 Å². The van der Waals surface area contributed by atoms with Gasteiger partial charge in [-0.15, -0.1) is 0 Å². The Morgan fingerprint density at radius 1 is 1.12 bits per heavy atom. The number of carbonyl (C=O) groups excluding carboxylic acids is 1. The number of nitrogens with one attached hydrogen (secondary N) is 2. The number of amides is 2. The molecule has 3 rings (SSSR count). The van der Waals surface area contributed by atoms with Crippen LogP contribution in [0, 0.1) is 0 Å². The monoisotopic (exact) mass is 380 g/mol. The van der Waals surface area contributed by atoms with Crippen LogP contribution >= 0.6 is 11.6 Å². The van der Waals surface area contributed by atoms with Crippen LogP contribution in [-0.4, -0.2) is 63.4 Å². The highest BCUT2D eigenvalue weighted by Gasteiger charge is 2.16. The summed E-state index contributed by atoms with van der Waals surface area (Å²) < 4.78 is 5.35. The van der Waals surface area contributed by atoms with Crippen LogP contribution in [0.2, 0.25) is 5.02 Å². The molecule has 2 aliphatic rings. The highest BCUT2D eigenvalue weighted by Crippen LogP contribution is 2.31. The van der Waals surface area contributed by atoms with E-state index in [0.717, 1.165) is 63.7 Å². The number of hydrogen-bond donors (Lipinski definition) is 2. The van der Waals surface area contributed by atoms with Crippen molar-refractivity contribution in [2.24, 2.45) is 0 Å². The highest BCUT2D eigenvalue weighted by molar-refractivity contribution is 6.31. The molecule has 2 fully saturated rings. The van der Waals surface area contributed by atoms with Crippen LogP contribution in [0.15, 0.2) is 18.2 Å². The minimum Gasteiger partial charge on any atom is -0.379 e. The largest absolute Gasteiger partial charge is 0.379 e. The summed E-state index contributed by atoms with van der Waals surface area (Å²) in [5, 5.41) is 6.56. The molecule has 0 bridgehead atoms. The summed E-state index contributed by atoms with van der Waals surface area (Å²) in [5.74, 6) is 0. The van der Waals surface area contributed by atoms with Crippen molar-refractivity contribution in [1.82, 2.24) is 10.2 Å². The number of nitrogens with zero attached hydrogens (tertiary/aromatic N) is 2. The van der Waals surface area contributed by atoms with Crippen molar-refractivity contribution in [3.63, 3.8) is 0 Å². The van der Waals surface area contributed by atoms with Crippen molar-refractivity contribution in [2.45, 2.75) is 25.7 Å². The number of rotatable bonds is 6. The molecule has 2 aliphatic heterocycles. The molecule has 2 amide bonds. The lowest BCUT2D eigenvalue weighted by Gasteiger charge is -2.30. The maximum absolute atomic E-state index is 12.3. The maximum atomic E-state index is 12.3. The van der Waals surface area contributed by atoms with Crippen molar-refractivity contribution in [2.75, 3.05) is 62.7 Å². The van der Waals surface area contributed by atoms with Crippen molar-refractivity contribution in [1.29, 1.82) is 0 Å². The summed E-state index contributed by atoms with van der Waals surface area (Å²) in [6.45, 7) is 7.27. The number of hydrogen-bond acceptors (Lipinski definition) is 4. The molecular weight excluding hydrogens is 352 g/mol. The lowest BCUT2D eigenvalue weighted by Crippen LogP contribution is -2.38. The molecule has 0 atom stereocenters. The van der Waals surface area contributed by atoms with E-state index in [1.54, 1.807) is 0 Å². The van der Waals surface area contributed by atoms with Gasteiger partial charge in [0, 0.05) is 37.7 Å². The van der Waals surface area contributed by atoms with E-state index in [4.69, 9.17) is 16.3 Å². The Balaban J connectivity index is 1.47. The Morgan fingerprint density at radius 3 is 2.65 bits per heavy atom. The van der Waals surface area contributed by atoms with Gasteiger partial charge in [0.05, 0.1) is 24.6 Å². The van der Waals surface area contributed by atoms with Crippen molar-refractivity contribution >= 4 is 29.0 Å². The quantitative estimate of drug-likeness (QED) is 0.744. The van der Waals surface area contributed by atoms with E-state index in [0.29, 0.717) is 11.6 Å². The number of urea groups is 1. The highest BCUT2D eigenvalue weighted by atomic mass is 35.5. The second-order valence-corrected chi connectivity index (χ2v) is 7.33. The van der Waals surface area contributed by atoms with E-state index in [-0.39, 0.29) is 6.03 Å². The van der Waals surface area contributed by atoms with E-state index in [2.05, 4.69) is 20.4 Å². The van der Waals surface area contributed by atoms with Crippen LogP contribution in [0.25, 0.3) is 0 Å². The summed E-state index contributed by atoms with van der Waals surface area (Å²) in [7, 11) is 0. The van der Waals surface area contributed by atoms with Crippen LogP contribution < -0.4 is 15.5 Å². The lowest BCUT2D eigenvalue weighted by molar-refractivity contribution is 0.0375. The number of morpholine rings is 1. The van der Waals surface area contributed by atoms with E-state index >= 15 is 0 Å². The smallest absolute Gasteiger partial charge is 0.319 e. The van der Waals surface area contributed by atoms with Gasteiger partial charge in [-0.05, 0) is 50.4 Å². The summed E-state index contributed by atoms with van der Waals surface area (Å²) in [6.07, 6.45) is 4.59. The molecule has 0 spiro atoms. The number of anilines is 2. The molecule has 0 aliphatic carbocycles. The Labute approximate surface area is 160 Å². The van der Waals surface area contributed by atoms with E-state index in [1.165, 1.54) is 19.3 Å². The van der Waals surface area contributed by atoms with Gasteiger partial charge < -0.3 is 20.3 Å². The molecule has 2 saturated heterocycles. The number of piperidine rings is 1. The molecule has 2 N–H and O–H groups in total. The molecule has 1 aromatic rings. The predicted molar refractivity (Wildman–Crippen MR) is 106 cm³/mol. The fourth-order valence-corrected chi connectivity index (χ4v) is 3.69. The van der Waals surface area contributed by atoms with Crippen LogP contribution in [0.4, 0.5) is 16.2 Å². The first-order valence-corrected chi connectivity index (χ1v) is 9.99. The van der Waals surface area contributed by atoms with Gasteiger partial charge in [-0.1, -0.05) is 11.6 Å². The van der Waals surface area contributed by atoms with Gasteiger partial charge in [0.15, 0.2) is 0 Å². The molecule has 2 heterocycles. The topological polar surface area (TPSA) is 56.8 Å². The number of benzene rings is 1. The molecular formula is C19H29ClN4O2. The minimum atomic E-state index is -0.174. The van der Waals surface area contributed by atoms with E-state index < -0.39 is 0 Å². The molecule has 0 saturated carbocycles. The normalized spacial score (nSPS) is 18.6. The van der Waals surface area contributed by atoms with Crippen molar-refractivity contribution in [3.05, 3.63) is 23.2 Å². The third-order valence-corrected chi connectivity index (χ3v) is 5.18. The fraction of sp³-hybridized carbons (Fsp3) is 0.632. The first-order valence-electron chi connectivity index (χ1n) is 9.62. The first kappa shape index (κ1) is 19.3. The van der Waals surface area contributed by atoms with Gasteiger partial charge in [-0.25, -0.2) is 4.79 Å². The summed E-state index contributed by atoms with van der Waals surface area (Å²) >= 11 is 6.15. The number of carbonyl (C=O) groups is 1. The SMILES string of the molecule is O=C(NCCCN1CCOCC1)Nc1cc(Cl)ccc1N1CCCCC1. The Hall–Kier alpha value is -1.50. The van der Waals surface area contributed by atoms with Crippen LogP contribution in [-0.2, 0) is 4.74 Å².